The van der Waals surface area contributed by atoms with Crippen molar-refractivity contribution >= 4 is 13.7 Å². The fraction of sp³-hybridized carbons (Fsp3) is 0.979. The lowest BCUT2D eigenvalue weighted by Crippen LogP contribution is -2.64. The van der Waals surface area contributed by atoms with E-state index in [0.29, 0.717) is 19.3 Å². The smallest absolute Gasteiger partial charge is 0.391 e. The number of aliphatic hydroxyl groups excluding tert-OH is 6. The van der Waals surface area contributed by atoms with E-state index >= 15 is 0 Å². The van der Waals surface area contributed by atoms with Gasteiger partial charge in [0.15, 0.2) is 0 Å². The van der Waals surface area contributed by atoms with Crippen molar-refractivity contribution in [2.24, 2.45) is 0 Å². The molecule has 8 N–H and O–H groups in total. The van der Waals surface area contributed by atoms with Crippen molar-refractivity contribution < 1.29 is 53.9 Å². The van der Waals surface area contributed by atoms with Gasteiger partial charge in [-0.1, -0.05) is 219 Å². The van der Waals surface area contributed by atoms with E-state index in [-0.39, 0.29) is 12.3 Å². The van der Waals surface area contributed by atoms with Crippen LogP contribution in [0.4, 0.5) is 0 Å². The van der Waals surface area contributed by atoms with E-state index in [1.807, 2.05) is 0 Å². The van der Waals surface area contributed by atoms with Gasteiger partial charge in [-0.2, -0.15) is 0 Å². The Bertz CT molecular complexity index is 1030. The van der Waals surface area contributed by atoms with Crippen LogP contribution >= 0.6 is 7.82 Å². The monoisotopic (exact) mass is 880 g/mol. The normalized spacial score (nSPS) is 22.8. The summed E-state index contributed by atoms with van der Waals surface area (Å²) in [6, 6.07) is -1.02. The molecule has 13 heteroatoms. The Hall–Kier alpha value is -0.660. The first kappa shape index (κ1) is 57.4. The summed E-state index contributed by atoms with van der Waals surface area (Å²) in [4.78, 5) is 23.4. The molecule has 1 fully saturated rings. The Morgan fingerprint density at radius 3 is 1.15 bits per heavy atom. The first-order valence-electron chi connectivity index (χ1n) is 25.0. The number of aliphatic hydroxyl groups is 6. The van der Waals surface area contributed by atoms with Crippen molar-refractivity contribution in [3.63, 3.8) is 0 Å². The summed E-state index contributed by atoms with van der Waals surface area (Å²) in [5.41, 5.74) is 0. The average molecular weight is 880 g/mol. The van der Waals surface area contributed by atoms with Gasteiger partial charge in [0.2, 0.25) is 5.91 Å². The third-order valence-corrected chi connectivity index (χ3v) is 13.4. The molecule has 0 aromatic heterocycles. The number of unbranched alkanes of at least 4 members (excludes halogenated alkanes) is 31. The minimum absolute atomic E-state index is 0.243. The first-order valence-corrected chi connectivity index (χ1v) is 26.5. The third kappa shape index (κ3) is 28.9. The maximum Gasteiger partial charge on any atom is 0.472 e. The number of hydrogen-bond donors (Lipinski definition) is 8. The maximum atomic E-state index is 13.0. The average Bonchev–Trinajstić information content (AvgIpc) is 3.23. The van der Waals surface area contributed by atoms with E-state index in [1.54, 1.807) is 0 Å². The van der Waals surface area contributed by atoms with Crippen molar-refractivity contribution in [1.29, 1.82) is 0 Å². The van der Waals surface area contributed by atoms with Crippen molar-refractivity contribution in [1.82, 2.24) is 5.32 Å². The summed E-state index contributed by atoms with van der Waals surface area (Å²) in [6.07, 6.45) is 28.7. The highest BCUT2D eigenvalue weighted by Gasteiger charge is 2.51. The molecule has 1 aliphatic carbocycles. The summed E-state index contributed by atoms with van der Waals surface area (Å²) in [5.74, 6) is -0.304. The summed E-state index contributed by atoms with van der Waals surface area (Å²) in [5, 5.41) is 64.1. The molecule has 0 saturated heterocycles. The molecule has 0 radical (unpaired) electrons. The summed E-state index contributed by atoms with van der Waals surface area (Å²) in [6.45, 7) is 3.89. The predicted octanol–water partition coefficient (Wildman–Crippen LogP) is 9.85. The fourth-order valence-corrected chi connectivity index (χ4v) is 9.29. The van der Waals surface area contributed by atoms with Crippen LogP contribution < -0.4 is 5.32 Å². The highest BCUT2D eigenvalue weighted by atomic mass is 31.2. The molecule has 0 aromatic rings. The van der Waals surface area contributed by atoms with Gasteiger partial charge in [-0.05, 0) is 12.8 Å². The van der Waals surface area contributed by atoms with E-state index in [9.17, 15) is 44.9 Å². The van der Waals surface area contributed by atoms with Crippen LogP contribution in [0.25, 0.3) is 0 Å². The molecule has 1 aliphatic rings. The minimum atomic E-state index is -5.05. The van der Waals surface area contributed by atoms with Crippen LogP contribution in [0.1, 0.15) is 239 Å². The molecule has 60 heavy (non-hydrogen) atoms. The summed E-state index contributed by atoms with van der Waals surface area (Å²) in [7, 11) is -5.05. The molecule has 0 aromatic carbocycles. The largest absolute Gasteiger partial charge is 0.472 e. The molecular formula is C47H94NO11P. The van der Waals surface area contributed by atoms with Crippen molar-refractivity contribution in [3.8, 4) is 0 Å². The van der Waals surface area contributed by atoms with E-state index in [2.05, 4.69) is 19.2 Å². The van der Waals surface area contributed by atoms with Crippen LogP contribution in [0.15, 0.2) is 0 Å². The van der Waals surface area contributed by atoms with Crippen molar-refractivity contribution in [3.05, 3.63) is 0 Å². The Morgan fingerprint density at radius 1 is 0.500 bits per heavy atom. The lowest BCUT2D eigenvalue weighted by Gasteiger charge is -2.41. The second-order valence-electron chi connectivity index (χ2n) is 18.0. The molecule has 1 amide bonds. The third-order valence-electron chi connectivity index (χ3n) is 12.4. The molecule has 1 saturated carbocycles. The number of carbonyl (C=O) groups excluding carboxylic acids is 1. The number of phosphoric ester groups is 1. The molecule has 0 aliphatic heterocycles. The Morgan fingerprint density at radius 2 is 0.800 bits per heavy atom. The number of hydrogen-bond acceptors (Lipinski definition) is 10. The SMILES string of the molecule is CCCCCCCCCCCCCCCCCCCCCCCCCC(=O)N[C@@H](COP(=O)(O)OC1C(O)C(O)C(O)[C@@H](O)C1O)[C@H](O)CCCCCCCCCCCC. The fourth-order valence-electron chi connectivity index (χ4n) is 8.32. The van der Waals surface area contributed by atoms with Crippen molar-refractivity contribution in [2.75, 3.05) is 6.61 Å². The number of rotatable bonds is 42. The zero-order chi connectivity index (χ0) is 44.3. The van der Waals surface area contributed by atoms with Gasteiger partial charge in [0, 0.05) is 6.42 Å². The molecule has 358 valence electrons. The topological polar surface area (TPSA) is 206 Å². The number of amides is 1. The van der Waals surface area contributed by atoms with Crippen LogP contribution in [-0.2, 0) is 18.4 Å². The van der Waals surface area contributed by atoms with E-state index < -0.39 is 63.2 Å². The first-order chi connectivity index (χ1) is 28.9. The van der Waals surface area contributed by atoms with Gasteiger partial charge in [0.1, 0.15) is 36.6 Å². The van der Waals surface area contributed by atoms with Crippen LogP contribution in [0.5, 0.6) is 0 Å². The Balaban J connectivity index is 2.31. The number of carbonyl (C=O) groups is 1. The predicted molar refractivity (Wildman–Crippen MR) is 242 cm³/mol. The molecule has 9 atom stereocenters. The van der Waals surface area contributed by atoms with Crippen LogP contribution in [0.3, 0.4) is 0 Å². The van der Waals surface area contributed by atoms with Crippen LogP contribution in [0, 0.1) is 0 Å². The van der Waals surface area contributed by atoms with Crippen molar-refractivity contribution in [2.45, 2.75) is 287 Å². The standard InChI is InChI=1S/C47H94NO11P/c1-3-5-7-9-11-13-15-16-17-18-19-20-21-22-23-24-25-26-27-29-31-33-35-37-41(50)48-39(40(49)36-34-32-30-28-14-12-10-8-6-4-2)38-58-60(56,57)59-47-45(54)43(52)42(51)44(53)46(47)55/h39-40,42-47,49,51-55H,3-38H2,1-2H3,(H,48,50)(H,56,57)/t39-,40+,42?,43+,44?,45?,46?,47?/m0/s1. The van der Waals surface area contributed by atoms with E-state index in [0.717, 1.165) is 38.5 Å². The molecule has 6 unspecified atom stereocenters. The van der Waals surface area contributed by atoms with Gasteiger partial charge in [-0.3, -0.25) is 13.8 Å². The lowest BCUT2D eigenvalue weighted by molar-refractivity contribution is -0.220. The van der Waals surface area contributed by atoms with Gasteiger partial charge < -0.3 is 40.8 Å². The van der Waals surface area contributed by atoms with Gasteiger partial charge in [-0.25, -0.2) is 4.57 Å². The zero-order valence-corrected chi connectivity index (χ0v) is 39.2. The van der Waals surface area contributed by atoms with Gasteiger partial charge in [0.05, 0.1) is 18.8 Å². The van der Waals surface area contributed by atoms with E-state index in [1.165, 1.54) is 161 Å². The molecule has 0 spiro atoms. The maximum absolute atomic E-state index is 13.0. The highest BCUT2D eigenvalue weighted by molar-refractivity contribution is 7.47. The van der Waals surface area contributed by atoms with E-state index in [4.69, 9.17) is 9.05 Å². The molecule has 1 rings (SSSR count). The zero-order valence-electron chi connectivity index (χ0n) is 38.3. The van der Waals surface area contributed by atoms with Gasteiger partial charge in [0.25, 0.3) is 0 Å². The van der Waals surface area contributed by atoms with Crippen LogP contribution in [-0.4, -0.2) is 96.8 Å². The number of phosphoric acid groups is 1. The number of nitrogens with one attached hydrogen (secondary N) is 1. The lowest BCUT2D eigenvalue weighted by atomic mass is 9.85. The minimum Gasteiger partial charge on any atom is -0.391 e. The Labute approximate surface area is 366 Å². The summed E-state index contributed by atoms with van der Waals surface area (Å²) < 4.78 is 22.9. The molecular weight excluding hydrogens is 785 g/mol. The van der Waals surface area contributed by atoms with Gasteiger partial charge in [-0.15, -0.1) is 0 Å². The summed E-state index contributed by atoms with van der Waals surface area (Å²) >= 11 is 0. The van der Waals surface area contributed by atoms with Crippen LogP contribution in [0.2, 0.25) is 0 Å². The molecule has 0 heterocycles. The quantitative estimate of drug-likeness (QED) is 0.0214. The Kier molecular flexibility index (Phi) is 36.0. The second kappa shape index (κ2) is 37.7. The molecule has 0 bridgehead atoms. The second-order valence-corrected chi connectivity index (χ2v) is 19.4. The molecule has 12 nitrogen and oxygen atoms in total. The van der Waals surface area contributed by atoms with Gasteiger partial charge >= 0.3 is 7.82 Å². The highest BCUT2D eigenvalue weighted by Crippen LogP contribution is 2.47.